The molecule has 0 aliphatic carbocycles. The Labute approximate surface area is 209 Å². The lowest BCUT2D eigenvalue weighted by atomic mass is 10.0. The van der Waals surface area contributed by atoms with Crippen LogP contribution in [0.1, 0.15) is 25.0 Å². The van der Waals surface area contributed by atoms with Crippen LogP contribution >= 0.6 is 11.8 Å². The van der Waals surface area contributed by atoms with Crippen LogP contribution in [0.3, 0.4) is 0 Å². The number of carbonyl (C=O) groups is 3. The van der Waals surface area contributed by atoms with Gasteiger partial charge in [0, 0.05) is 0 Å². The molecule has 1 aliphatic heterocycles. The molecule has 0 fully saturated rings. The van der Waals surface area contributed by atoms with Crippen LogP contribution < -0.4 is 10.1 Å². The maximum absolute atomic E-state index is 13.3. The predicted octanol–water partition coefficient (Wildman–Crippen LogP) is 2.77. The SMILES string of the molecule is COc1ccc(C2=CSC(C(C)C)C(=O)N2CC(=O)N[C@@H](Cc2ccccc2)C(O)C(=O)O)cc1. The Morgan fingerprint density at radius 1 is 1.11 bits per heavy atom. The van der Waals surface area contributed by atoms with Gasteiger partial charge in [0.1, 0.15) is 12.3 Å². The van der Waals surface area contributed by atoms with Crippen LogP contribution in [0.5, 0.6) is 5.75 Å². The number of aliphatic carboxylic acids is 1. The first-order valence-electron chi connectivity index (χ1n) is 11.3. The molecular formula is C26H30N2O6S. The van der Waals surface area contributed by atoms with E-state index in [4.69, 9.17) is 4.74 Å². The van der Waals surface area contributed by atoms with Gasteiger partial charge in [0.05, 0.1) is 24.1 Å². The fourth-order valence-electron chi connectivity index (χ4n) is 3.80. The van der Waals surface area contributed by atoms with Gasteiger partial charge < -0.3 is 25.2 Å². The van der Waals surface area contributed by atoms with E-state index in [9.17, 15) is 24.6 Å². The van der Waals surface area contributed by atoms with E-state index in [0.29, 0.717) is 11.4 Å². The minimum Gasteiger partial charge on any atom is -0.497 e. The highest BCUT2D eigenvalue weighted by molar-refractivity contribution is 8.03. The van der Waals surface area contributed by atoms with E-state index in [-0.39, 0.29) is 30.0 Å². The molecule has 8 nitrogen and oxygen atoms in total. The number of hydrogen-bond donors (Lipinski definition) is 3. The Balaban J connectivity index is 1.83. The number of aliphatic hydroxyl groups excluding tert-OH is 1. The van der Waals surface area contributed by atoms with Crippen LogP contribution in [0.15, 0.2) is 60.0 Å². The van der Waals surface area contributed by atoms with E-state index in [1.807, 2.05) is 37.5 Å². The number of amides is 2. The molecule has 2 aromatic carbocycles. The molecule has 2 amide bonds. The molecular weight excluding hydrogens is 468 g/mol. The zero-order valence-corrected chi connectivity index (χ0v) is 20.7. The van der Waals surface area contributed by atoms with Crippen LogP contribution in [-0.4, -0.2) is 63.9 Å². The van der Waals surface area contributed by atoms with Gasteiger partial charge in [-0.25, -0.2) is 4.79 Å². The van der Waals surface area contributed by atoms with Gasteiger partial charge in [0.2, 0.25) is 11.8 Å². The quantitative estimate of drug-likeness (QED) is 0.461. The topological polar surface area (TPSA) is 116 Å². The van der Waals surface area contributed by atoms with Gasteiger partial charge in [-0.2, -0.15) is 0 Å². The summed E-state index contributed by atoms with van der Waals surface area (Å²) < 4.78 is 5.21. The average Bonchev–Trinajstić information content (AvgIpc) is 2.84. The molecule has 0 radical (unpaired) electrons. The highest BCUT2D eigenvalue weighted by Crippen LogP contribution is 2.35. The Bertz CT molecular complexity index is 1070. The summed E-state index contributed by atoms with van der Waals surface area (Å²) in [7, 11) is 1.57. The van der Waals surface area contributed by atoms with Crippen molar-refractivity contribution < 1.29 is 29.3 Å². The fraction of sp³-hybridized carbons (Fsp3) is 0.346. The minimum absolute atomic E-state index is 0.0476. The lowest BCUT2D eigenvalue weighted by Crippen LogP contribution is -2.52. The monoisotopic (exact) mass is 498 g/mol. The summed E-state index contributed by atoms with van der Waals surface area (Å²) in [5, 5.41) is 23.7. The van der Waals surface area contributed by atoms with E-state index in [1.165, 1.54) is 16.7 Å². The largest absolute Gasteiger partial charge is 0.497 e. The van der Waals surface area contributed by atoms with E-state index in [0.717, 1.165) is 11.1 Å². The molecule has 0 spiro atoms. The van der Waals surface area contributed by atoms with Crippen molar-refractivity contribution in [1.82, 2.24) is 10.2 Å². The Hall–Kier alpha value is -3.30. The fourth-order valence-corrected chi connectivity index (χ4v) is 4.90. The number of methoxy groups -OCH3 is 1. The van der Waals surface area contributed by atoms with Gasteiger partial charge in [-0.05, 0) is 53.1 Å². The molecule has 0 aromatic heterocycles. The summed E-state index contributed by atoms with van der Waals surface area (Å²) in [6.07, 6.45) is -1.67. The number of nitrogens with zero attached hydrogens (tertiary/aromatic N) is 1. The van der Waals surface area contributed by atoms with Crippen LogP contribution in [-0.2, 0) is 20.8 Å². The number of benzene rings is 2. The number of nitrogens with one attached hydrogen (secondary N) is 1. The van der Waals surface area contributed by atoms with Gasteiger partial charge in [-0.15, -0.1) is 11.8 Å². The van der Waals surface area contributed by atoms with Gasteiger partial charge in [0.15, 0.2) is 6.10 Å². The summed E-state index contributed by atoms with van der Waals surface area (Å²) in [6, 6.07) is 15.1. The number of aliphatic hydroxyl groups is 1. The third kappa shape index (κ3) is 6.64. The molecule has 1 aliphatic rings. The molecule has 2 unspecified atom stereocenters. The molecule has 9 heteroatoms. The number of thioether (sulfide) groups is 1. The summed E-state index contributed by atoms with van der Waals surface area (Å²) in [6.45, 7) is 3.58. The van der Waals surface area contributed by atoms with Crippen molar-refractivity contribution in [3.8, 4) is 5.75 Å². The third-order valence-electron chi connectivity index (χ3n) is 5.70. The first-order chi connectivity index (χ1) is 16.7. The van der Waals surface area contributed by atoms with Crippen LogP contribution in [0.2, 0.25) is 0 Å². The first-order valence-corrected chi connectivity index (χ1v) is 12.2. The maximum atomic E-state index is 13.3. The van der Waals surface area contributed by atoms with Gasteiger partial charge in [-0.3, -0.25) is 9.59 Å². The average molecular weight is 499 g/mol. The minimum atomic E-state index is -1.80. The van der Waals surface area contributed by atoms with Gasteiger partial charge in [0.25, 0.3) is 0 Å². The van der Waals surface area contributed by atoms with E-state index < -0.39 is 24.0 Å². The van der Waals surface area contributed by atoms with Crippen molar-refractivity contribution >= 4 is 35.2 Å². The third-order valence-corrected chi connectivity index (χ3v) is 7.10. The second kappa shape index (κ2) is 11.9. The number of carboxylic acids is 1. The van der Waals surface area contributed by atoms with Crippen molar-refractivity contribution in [1.29, 1.82) is 0 Å². The molecule has 0 bridgehead atoms. The zero-order valence-electron chi connectivity index (χ0n) is 19.9. The van der Waals surface area contributed by atoms with Crippen molar-refractivity contribution in [2.24, 2.45) is 5.92 Å². The number of rotatable bonds is 10. The highest BCUT2D eigenvalue weighted by Gasteiger charge is 2.36. The molecule has 3 rings (SSSR count). The van der Waals surface area contributed by atoms with Crippen molar-refractivity contribution in [2.75, 3.05) is 13.7 Å². The van der Waals surface area contributed by atoms with Crippen molar-refractivity contribution in [3.63, 3.8) is 0 Å². The van der Waals surface area contributed by atoms with Crippen molar-refractivity contribution in [2.45, 2.75) is 37.7 Å². The second-order valence-corrected chi connectivity index (χ2v) is 9.62. The van der Waals surface area contributed by atoms with Crippen LogP contribution in [0.25, 0.3) is 5.70 Å². The number of carboxylic acid groups (broad SMARTS) is 1. The van der Waals surface area contributed by atoms with Gasteiger partial charge in [-0.1, -0.05) is 44.2 Å². The van der Waals surface area contributed by atoms with E-state index >= 15 is 0 Å². The molecule has 0 saturated carbocycles. The Morgan fingerprint density at radius 2 is 1.77 bits per heavy atom. The lowest BCUT2D eigenvalue weighted by molar-refractivity contribution is -0.148. The van der Waals surface area contributed by atoms with Crippen molar-refractivity contribution in [3.05, 3.63) is 71.1 Å². The molecule has 1 heterocycles. The Morgan fingerprint density at radius 3 is 2.34 bits per heavy atom. The summed E-state index contributed by atoms with van der Waals surface area (Å²) in [5.74, 6) is -1.48. The second-order valence-electron chi connectivity index (χ2n) is 8.60. The van der Waals surface area contributed by atoms with E-state index in [1.54, 1.807) is 43.5 Å². The van der Waals surface area contributed by atoms with Crippen LogP contribution in [0.4, 0.5) is 0 Å². The summed E-state index contributed by atoms with van der Waals surface area (Å²) >= 11 is 1.41. The predicted molar refractivity (Wildman–Crippen MR) is 135 cm³/mol. The number of hydrogen-bond acceptors (Lipinski definition) is 6. The maximum Gasteiger partial charge on any atom is 0.334 e. The lowest BCUT2D eigenvalue weighted by Gasteiger charge is -2.34. The molecule has 186 valence electrons. The molecule has 0 saturated heterocycles. The highest BCUT2D eigenvalue weighted by atomic mass is 32.2. The smallest absolute Gasteiger partial charge is 0.334 e. The number of carbonyl (C=O) groups excluding carboxylic acids is 2. The zero-order chi connectivity index (χ0) is 25.5. The standard InChI is InChI=1S/C26H30N2O6S/c1-16(2)24-25(31)28(21(15-35-24)18-9-11-19(34-3)12-10-18)14-22(29)27-20(23(30)26(32)33)13-17-7-5-4-6-8-17/h4-12,15-16,20,23-24,30H,13-14H2,1-3H3,(H,27,29)(H,32,33)/t20-,23?,24?/m0/s1. The summed E-state index contributed by atoms with van der Waals surface area (Å²) in [5.41, 5.74) is 2.09. The number of ether oxygens (including phenoxy) is 1. The van der Waals surface area contributed by atoms with E-state index in [2.05, 4.69) is 5.32 Å². The molecule has 3 N–H and O–H groups in total. The first kappa shape index (κ1) is 26.3. The molecule has 2 aromatic rings. The molecule has 3 atom stereocenters. The normalized spacial score (nSPS) is 17.5. The summed E-state index contributed by atoms with van der Waals surface area (Å²) in [4.78, 5) is 39.3. The molecule has 35 heavy (non-hydrogen) atoms. The van der Waals surface area contributed by atoms with Crippen LogP contribution in [0, 0.1) is 5.92 Å². The Kier molecular flexibility index (Phi) is 8.95. The van der Waals surface area contributed by atoms with Gasteiger partial charge >= 0.3 is 5.97 Å².